The van der Waals surface area contributed by atoms with Crippen molar-refractivity contribution in [2.24, 2.45) is 0 Å². The van der Waals surface area contributed by atoms with E-state index in [1.807, 2.05) is 0 Å². The van der Waals surface area contributed by atoms with Crippen molar-refractivity contribution in [2.75, 3.05) is 18.4 Å². The number of amides is 1. The standard InChI is InChI=1S/C20H22BrFN2O4S/c1-14(28-19-9-8-15(22)12-18(19)21)20(25)23-16-6-5-7-17(13-16)29(26,27)24-10-3-2-4-11-24/h5-9,12-14H,2-4,10-11H2,1H3,(H,23,25). The summed E-state index contributed by atoms with van der Waals surface area (Å²) in [6, 6.07) is 10.1. The van der Waals surface area contributed by atoms with Crippen LogP contribution < -0.4 is 10.1 Å². The molecule has 156 valence electrons. The summed E-state index contributed by atoms with van der Waals surface area (Å²) in [7, 11) is -3.59. The average molecular weight is 485 g/mol. The topological polar surface area (TPSA) is 75.7 Å². The molecule has 1 N–H and O–H groups in total. The number of nitrogens with one attached hydrogen (secondary N) is 1. The molecule has 2 aromatic rings. The molecule has 0 aromatic heterocycles. The van der Waals surface area contributed by atoms with E-state index < -0.39 is 27.9 Å². The molecule has 3 rings (SSSR count). The highest BCUT2D eigenvalue weighted by atomic mass is 79.9. The van der Waals surface area contributed by atoms with Crippen LogP contribution in [0.1, 0.15) is 26.2 Å². The van der Waals surface area contributed by atoms with Crippen LogP contribution in [-0.2, 0) is 14.8 Å². The minimum Gasteiger partial charge on any atom is -0.480 e. The Labute approximate surface area is 178 Å². The summed E-state index contributed by atoms with van der Waals surface area (Å²) in [5, 5.41) is 2.67. The highest BCUT2D eigenvalue weighted by Crippen LogP contribution is 2.27. The summed E-state index contributed by atoms with van der Waals surface area (Å²) in [4.78, 5) is 12.6. The summed E-state index contributed by atoms with van der Waals surface area (Å²) in [5.41, 5.74) is 0.363. The van der Waals surface area contributed by atoms with Gasteiger partial charge in [-0.1, -0.05) is 12.5 Å². The van der Waals surface area contributed by atoms with Crippen LogP contribution in [0.4, 0.5) is 10.1 Å². The fraction of sp³-hybridized carbons (Fsp3) is 0.350. The SMILES string of the molecule is CC(Oc1ccc(F)cc1Br)C(=O)Nc1cccc(S(=O)(=O)N2CCCCC2)c1. The molecular weight excluding hydrogens is 463 g/mol. The molecule has 0 saturated carbocycles. The van der Waals surface area contributed by atoms with Gasteiger partial charge in [-0.2, -0.15) is 4.31 Å². The van der Waals surface area contributed by atoms with Crippen molar-refractivity contribution < 1.29 is 22.3 Å². The average Bonchev–Trinajstić information content (AvgIpc) is 2.71. The van der Waals surface area contributed by atoms with Crippen LogP contribution in [0.2, 0.25) is 0 Å². The number of hydrogen-bond donors (Lipinski definition) is 1. The van der Waals surface area contributed by atoms with Crippen LogP contribution in [0.3, 0.4) is 0 Å². The van der Waals surface area contributed by atoms with E-state index in [1.54, 1.807) is 19.1 Å². The van der Waals surface area contributed by atoms with E-state index in [-0.39, 0.29) is 4.90 Å². The lowest BCUT2D eigenvalue weighted by Crippen LogP contribution is -2.35. The van der Waals surface area contributed by atoms with Gasteiger partial charge in [-0.3, -0.25) is 4.79 Å². The van der Waals surface area contributed by atoms with Gasteiger partial charge in [-0.25, -0.2) is 12.8 Å². The lowest BCUT2D eigenvalue weighted by atomic mass is 10.2. The summed E-state index contributed by atoms with van der Waals surface area (Å²) in [5.74, 6) is -0.544. The molecule has 0 aliphatic carbocycles. The van der Waals surface area contributed by atoms with Gasteiger partial charge in [0.25, 0.3) is 5.91 Å². The molecule has 6 nitrogen and oxygen atoms in total. The number of carbonyl (C=O) groups is 1. The summed E-state index contributed by atoms with van der Waals surface area (Å²) in [6.07, 6.45) is 1.86. The molecule has 0 spiro atoms. The first-order valence-electron chi connectivity index (χ1n) is 9.30. The molecule has 1 fully saturated rings. The molecule has 1 aliphatic rings. The van der Waals surface area contributed by atoms with Crippen LogP contribution in [0.25, 0.3) is 0 Å². The predicted octanol–water partition coefficient (Wildman–Crippen LogP) is 4.17. The van der Waals surface area contributed by atoms with Crippen molar-refractivity contribution in [3.05, 3.63) is 52.8 Å². The smallest absolute Gasteiger partial charge is 0.265 e. The van der Waals surface area contributed by atoms with Gasteiger partial charge in [0, 0.05) is 18.8 Å². The first-order valence-corrected chi connectivity index (χ1v) is 11.5. The number of benzene rings is 2. The Bertz CT molecular complexity index is 994. The number of sulfonamides is 1. The second kappa shape index (κ2) is 9.23. The number of piperidine rings is 1. The minimum absolute atomic E-state index is 0.145. The Morgan fingerprint density at radius 3 is 2.59 bits per heavy atom. The highest BCUT2D eigenvalue weighted by Gasteiger charge is 2.26. The van der Waals surface area contributed by atoms with Crippen molar-refractivity contribution in [1.82, 2.24) is 4.31 Å². The van der Waals surface area contributed by atoms with Crippen LogP contribution in [0, 0.1) is 5.82 Å². The third kappa shape index (κ3) is 5.34. The molecule has 1 aliphatic heterocycles. The molecule has 0 bridgehead atoms. The summed E-state index contributed by atoms with van der Waals surface area (Å²) < 4.78 is 46.3. The molecule has 29 heavy (non-hydrogen) atoms. The summed E-state index contributed by atoms with van der Waals surface area (Å²) in [6.45, 7) is 2.58. The number of halogens is 2. The van der Waals surface area contributed by atoms with Crippen LogP contribution in [-0.4, -0.2) is 37.8 Å². The maximum absolute atomic E-state index is 13.2. The monoisotopic (exact) mass is 484 g/mol. The van der Waals surface area contributed by atoms with Gasteiger partial charge in [0.1, 0.15) is 11.6 Å². The summed E-state index contributed by atoms with van der Waals surface area (Å²) >= 11 is 3.19. The van der Waals surface area contributed by atoms with Crippen molar-refractivity contribution in [1.29, 1.82) is 0 Å². The Morgan fingerprint density at radius 2 is 1.90 bits per heavy atom. The van der Waals surface area contributed by atoms with Crippen LogP contribution in [0.15, 0.2) is 51.8 Å². The third-order valence-electron chi connectivity index (χ3n) is 4.62. The third-order valence-corrected chi connectivity index (χ3v) is 7.14. The molecule has 2 aromatic carbocycles. The van der Waals surface area contributed by atoms with E-state index in [2.05, 4.69) is 21.2 Å². The molecule has 1 amide bonds. The van der Waals surface area contributed by atoms with E-state index in [1.165, 1.54) is 34.6 Å². The normalized spacial score (nSPS) is 16.2. The predicted molar refractivity (Wildman–Crippen MR) is 112 cm³/mol. The van der Waals surface area contributed by atoms with Crippen LogP contribution >= 0.6 is 15.9 Å². The highest BCUT2D eigenvalue weighted by molar-refractivity contribution is 9.10. The zero-order valence-electron chi connectivity index (χ0n) is 15.9. The molecule has 1 atom stereocenters. The van der Waals surface area contributed by atoms with E-state index in [0.717, 1.165) is 19.3 Å². The number of carbonyl (C=O) groups excluding carboxylic acids is 1. The second-order valence-electron chi connectivity index (χ2n) is 6.82. The van der Waals surface area contributed by atoms with E-state index in [9.17, 15) is 17.6 Å². The van der Waals surface area contributed by atoms with Gasteiger partial charge < -0.3 is 10.1 Å². The minimum atomic E-state index is -3.59. The van der Waals surface area contributed by atoms with Gasteiger partial charge >= 0.3 is 0 Å². The van der Waals surface area contributed by atoms with E-state index in [4.69, 9.17) is 4.74 Å². The second-order valence-corrected chi connectivity index (χ2v) is 9.61. The van der Waals surface area contributed by atoms with Gasteiger partial charge in [-0.05, 0) is 72.1 Å². The first kappa shape index (κ1) is 21.7. The quantitative estimate of drug-likeness (QED) is 0.667. The Hall–Kier alpha value is -1.97. The van der Waals surface area contributed by atoms with Gasteiger partial charge in [0.15, 0.2) is 6.10 Å². The molecule has 0 radical (unpaired) electrons. The zero-order valence-corrected chi connectivity index (χ0v) is 18.3. The molecule has 1 saturated heterocycles. The first-order chi connectivity index (χ1) is 13.8. The molecule has 1 unspecified atom stereocenters. The maximum atomic E-state index is 13.2. The zero-order chi connectivity index (χ0) is 21.0. The Morgan fingerprint density at radius 1 is 1.17 bits per heavy atom. The van der Waals surface area contributed by atoms with Crippen molar-refractivity contribution in [3.63, 3.8) is 0 Å². The van der Waals surface area contributed by atoms with Crippen molar-refractivity contribution in [3.8, 4) is 5.75 Å². The number of anilines is 1. The largest absolute Gasteiger partial charge is 0.480 e. The van der Waals surface area contributed by atoms with Gasteiger partial charge in [0.05, 0.1) is 9.37 Å². The lowest BCUT2D eigenvalue weighted by molar-refractivity contribution is -0.122. The number of ether oxygens (including phenoxy) is 1. The van der Waals surface area contributed by atoms with Gasteiger partial charge in [-0.15, -0.1) is 0 Å². The molecular formula is C20H22BrFN2O4S. The Balaban J connectivity index is 1.69. The van der Waals surface area contributed by atoms with Crippen molar-refractivity contribution >= 4 is 37.5 Å². The fourth-order valence-corrected chi connectivity index (χ4v) is 5.06. The number of nitrogens with zero attached hydrogens (tertiary/aromatic N) is 1. The van der Waals surface area contributed by atoms with Crippen LogP contribution in [0.5, 0.6) is 5.75 Å². The maximum Gasteiger partial charge on any atom is 0.265 e. The Kier molecular flexibility index (Phi) is 6.92. The van der Waals surface area contributed by atoms with Crippen molar-refractivity contribution in [2.45, 2.75) is 37.2 Å². The number of rotatable bonds is 6. The van der Waals surface area contributed by atoms with Gasteiger partial charge in [0.2, 0.25) is 10.0 Å². The molecule has 9 heteroatoms. The van der Waals surface area contributed by atoms with E-state index in [0.29, 0.717) is 29.0 Å². The number of hydrogen-bond acceptors (Lipinski definition) is 4. The lowest BCUT2D eigenvalue weighted by Gasteiger charge is -2.26. The van der Waals surface area contributed by atoms with E-state index >= 15 is 0 Å². The fourth-order valence-electron chi connectivity index (χ4n) is 3.05. The molecule has 1 heterocycles.